The van der Waals surface area contributed by atoms with Gasteiger partial charge in [-0.1, -0.05) is 42.5 Å². The Morgan fingerprint density at radius 3 is 2.46 bits per heavy atom. The zero-order valence-corrected chi connectivity index (χ0v) is 13.1. The molecule has 0 saturated carbocycles. The summed E-state index contributed by atoms with van der Waals surface area (Å²) in [5, 5.41) is 26.3. The lowest BCUT2D eigenvalue weighted by Crippen LogP contribution is -2.45. The van der Waals surface area contributed by atoms with E-state index in [1.54, 1.807) is 37.3 Å². The van der Waals surface area contributed by atoms with Crippen molar-refractivity contribution in [2.45, 2.75) is 25.2 Å². The van der Waals surface area contributed by atoms with Gasteiger partial charge < -0.3 is 10.2 Å². The van der Waals surface area contributed by atoms with E-state index in [1.165, 1.54) is 24.3 Å². The zero-order chi connectivity index (χ0) is 17.3. The lowest BCUT2D eigenvalue weighted by molar-refractivity contribution is -0.167. The molecule has 2 N–H and O–H groups in total. The third kappa shape index (κ3) is 2.81. The Balaban J connectivity index is 1.95. The second-order valence-electron chi connectivity index (χ2n) is 5.80. The minimum Gasteiger partial charge on any atom is -0.378 e. The van der Waals surface area contributed by atoms with Crippen LogP contribution in [0.15, 0.2) is 59.7 Å². The quantitative estimate of drug-likeness (QED) is 0.908. The van der Waals surface area contributed by atoms with Crippen molar-refractivity contribution in [3.63, 3.8) is 0 Å². The summed E-state index contributed by atoms with van der Waals surface area (Å²) in [6, 6.07) is 13.6. The number of hydrazone groups is 1. The van der Waals surface area contributed by atoms with Crippen LogP contribution in [0.5, 0.6) is 0 Å². The predicted octanol–water partition coefficient (Wildman–Crippen LogP) is 2.31. The molecule has 1 aliphatic rings. The van der Waals surface area contributed by atoms with Crippen LogP contribution in [0.4, 0.5) is 4.39 Å². The van der Waals surface area contributed by atoms with E-state index in [0.717, 1.165) is 5.01 Å². The zero-order valence-electron chi connectivity index (χ0n) is 13.1. The molecule has 5 nitrogen and oxygen atoms in total. The number of hydrogen-bond acceptors (Lipinski definition) is 4. The number of benzene rings is 2. The first-order valence-electron chi connectivity index (χ1n) is 7.51. The maximum atomic E-state index is 13.1. The van der Waals surface area contributed by atoms with Gasteiger partial charge in [0.1, 0.15) is 5.82 Å². The van der Waals surface area contributed by atoms with E-state index in [9.17, 15) is 19.4 Å². The first-order valence-corrected chi connectivity index (χ1v) is 7.51. The van der Waals surface area contributed by atoms with E-state index in [4.69, 9.17) is 0 Å². The standard InChI is InChI=1S/C18H17FN2O3/c1-12-11-18(24,14-7-9-15(19)10-8-14)21(20-12)17(23)16(22)13-5-3-2-4-6-13/h2-10,16,22,24H,11H2,1H3/t16-,18+/m1/s1. The van der Waals surface area contributed by atoms with Gasteiger partial charge in [-0.15, -0.1) is 0 Å². The Kier molecular flexibility index (Phi) is 4.17. The highest BCUT2D eigenvalue weighted by atomic mass is 19.1. The van der Waals surface area contributed by atoms with Gasteiger partial charge in [0, 0.05) is 17.7 Å². The number of rotatable bonds is 3. The van der Waals surface area contributed by atoms with Gasteiger partial charge in [0.15, 0.2) is 11.8 Å². The molecule has 1 aliphatic heterocycles. The van der Waals surface area contributed by atoms with Crippen molar-refractivity contribution < 1.29 is 19.4 Å². The van der Waals surface area contributed by atoms with Crippen LogP contribution in [0.2, 0.25) is 0 Å². The number of aliphatic hydroxyl groups excluding tert-OH is 1. The molecule has 124 valence electrons. The maximum Gasteiger partial charge on any atom is 0.279 e. The SMILES string of the molecule is CC1=NN(C(=O)[C@H](O)c2ccccc2)[C@@](O)(c2ccc(F)cc2)C1. The molecule has 0 spiro atoms. The third-order valence-electron chi connectivity index (χ3n) is 3.99. The molecule has 1 amide bonds. The number of nitrogens with zero attached hydrogens (tertiary/aromatic N) is 2. The molecule has 0 bridgehead atoms. The smallest absolute Gasteiger partial charge is 0.279 e. The summed E-state index contributed by atoms with van der Waals surface area (Å²) in [6.45, 7) is 1.68. The van der Waals surface area contributed by atoms with E-state index in [-0.39, 0.29) is 6.42 Å². The van der Waals surface area contributed by atoms with Gasteiger partial charge in [0.2, 0.25) is 0 Å². The fourth-order valence-corrected chi connectivity index (χ4v) is 2.79. The second kappa shape index (κ2) is 6.14. The van der Waals surface area contributed by atoms with Gasteiger partial charge in [-0.3, -0.25) is 4.79 Å². The first-order chi connectivity index (χ1) is 11.4. The van der Waals surface area contributed by atoms with Crippen molar-refractivity contribution in [3.05, 3.63) is 71.5 Å². The molecule has 6 heteroatoms. The van der Waals surface area contributed by atoms with Crippen LogP contribution in [0.3, 0.4) is 0 Å². The van der Waals surface area contributed by atoms with E-state index < -0.39 is 23.6 Å². The number of carbonyl (C=O) groups is 1. The van der Waals surface area contributed by atoms with Crippen molar-refractivity contribution in [2.24, 2.45) is 5.10 Å². The largest absolute Gasteiger partial charge is 0.378 e. The predicted molar refractivity (Wildman–Crippen MR) is 86.3 cm³/mol. The maximum absolute atomic E-state index is 13.1. The number of amides is 1. The van der Waals surface area contributed by atoms with E-state index in [2.05, 4.69) is 5.10 Å². The number of halogens is 1. The van der Waals surface area contributed by atoms with Crippen molar-refractivity contribution in [1.29, 1.82) is 0 Å². The van der Waals surface area contributed by atoms with Crippen LogP contribution >= 0.6 is 0 Å². The van der Waals surface area contributed by atoms with Crippen molar-refractivity contribution in [2.75, 3.05) is 0 Å². The minimum atomic E-state index is -1.75. The van der Waals surface area contributed by atoms with E-state index >= 15 is 0 Å². The van der Waals surface area contributed by atoms with Crippen molar-refractivity contribution >= 4 is 11.6 Å². The van der Waals surface area contributed by atoms with Crippen LogP contribution in [0, 0.1) is 5.82 Å². The van der Waals surface area contributed by atoms with E-state index in [1.807, 2.05) is 0 Å². The molecule has 2 aromatic rings. The Labute approximate surface area is 138 Å². The summed E-state index contributed by atoms with van der Waals surface area (Å²) in [7, 11) is 0. The molecule has 0 aliphatic carbocycles. The summed E-state index contributed by atoms with van der Waals surface area (Å²) in [6.07, 6.45) is -1.36. The van der Waals surface area contributed by atoms with Gasteiger partial charge in [-0.25, -0.2) is 4.39 Å². The monoisotopic (exact) mass is 328 g/mol. The fraction of sp³-hybridized carbons (Fsp3) is 0.222. The molecule has 0 radical (unpaired) electrons. The number of hydrogen-bond donors (Lipinski definition) is 2. The molecule has 1 heterocycles. The van der Waals surface area contributed by atoms with Crippen molar-refractivity contribution in [3.8, 4) is 0 Å². The summed E-state index contributed by atoms with van der Waals surface area (Å²) < 4.78 is 13.1. The average molecular weight is 328 g/mol. The molecule has 2 atom stereocenters. The molecule has 0 aromatic heterocycles. The molecule has 2 aromatic carbocycles. The minimum absolute atomic E-state index is 0.0892. The van der Waals surface area contributed by atoms with Gasteiger partial charge in [0.25, 0.3) is 5.91 Å². The topological polar surface area (TPSA) is 73.1 Å². The molecular weight excluding hydrogens is 311 g/mol. The Morgan fingerprint density at radius 2 is 1.83 bits per heavy atom. The van der Waals surface area contributed by atoms with Crippen LogP contribution in [-0.4, -0.2) is 26.8 Å². The van der Waals surface area contributed by atoms with Crippen LogP contribution in [-0.2, 0) is 10.5 Å². The van der Waals surface area contributed by atoms with Gasteiger partial charge in [-0.2, -0.15) is 10.1 Å². The molecule has 0 saturated heterocycles. The Morgan fingerprint density at radius 1 is 1.21 bits per heavy atom. The average Bonchev–Trinajstić information content (AvgIpc) is 2.90. The lowest BCUT2D eigenvalue weighted by atomic mass is 9.97. The second-order valence-corrected chi connectivity index (χ2v) is 5.80. The highest BCUT2D eigenvalue weighted by Gasteiger charge is 2.46. The highest BCUT2D eigenvalue weighted by Crippen LogP contribution is 2.37. The number of carbonyl (C=O) groups excluding carboxylic acids is 1. The summed E-state index contributed by atoms with van der Waals surface area (Å²) in [5.74, 6) is -1.19. The first kappa shape index (κ1) is 16.3. The summed E-state index contributed by atoms with van der Waals surface area (Å²) >= 11 is 0. The highest BCUT2D eigenvalue weighted by molar-refractivity contribution is 5.90. The summed E-state index contributed by atoms with van der Waals surface area (Å²) in [4.78, 5) is 12.7. The van der Waals surface area contributed by atoms with Crippen LogP contribution in [0.1, 0.15) is 30.6 Å². The molecular formula is C18H17FN2O3. The normalized spacial score (nSPS) is 21.5. The van der Waals surface area contributed by atoms with Crippen molar-refractivity contribution in [1.82, 2.24) is 5.01 Å². The number of aliphatic hydroxyl groups is 2. The van der Waals surface area contributed by atoms with Gasteiger partial charge in [0.05, 0.1) is 0 Å². The van der Waals surface area contributed by atoms with E-state index in [0.29, 0.717) is 16.8 Å². The van der Waals surface area contributed by atoms with Crippen LogP contribution in [0.25, 0.3) is 0 Å². The third-order valence-corrected chi connectivity index (χ3v) is 3.99. The molecule has 24 heavy (non-hydrogen) atoms. The lowest BCUT2D eigenvalue weighted by Gasteiger charge is -2.32. The Hall–Kier alpha value is -2.57. The Bertz CT molecular complexity index is 777. The molecule has 3 rings (SSSR count). The van der Waals surface area contributed by atoms with Gasteiger partial charge >= 0.3 is 0 Å². The molecule has 0 fully saturated rings. The fourth-order valence-electron chi connectivity index (χ4n) is 2.79. The summed E-state index contributed by atoms with van der Waals surface area (Å²) in [5.41, 5.74) is -0.470. The molecule has 0 unspecified atom stereocenters. The van der Waals surface area contributed by atoms with Gasteiger partial charge in [-0.05, 0) is 24.6 Å². The van der Waals surface area contributed by atoms with Crippen LogP contribution < -0.4 is 0 Å².